The van der Waals surface area contributed by atoms with E-state index in [1.807, 2.05) is 24.3 Å². The van der Waals surface area contributed by atoms with Gasteiger partial charge in [-0.3, -0.25) is 0 Å². The molecule has 3 heteroatoms. The summed E-state index contributed by atoms with van der Waals surface area (Å²) in [6.45, 7) is 3.63. The second-order valence-electron chi connectivity index (χ2n) is 2.38. The van der Waals surface area contributed by atoms with Crippen LogP contribution in [0.2, 0.25) is 0 Å². The summed E-state index contributed by atoms with van der Waals surface area (Å²) in [5.74, 6) is 0. The van der Waals surface area contributed by atoms with Gasteiger partial charge in [0.2, 0.25) is 0 Å². The molecule has 0 heterocycles. The van der Waals surface area contributed by atoms with Crippen LogP contribution in [0.15, 0.2) is 42.1 Å². The van der Waals surface area contributed by atoms with Crippen LogP contribution in [-0.4, -0.2) is 5.54 Å². The lowest BCUT2D eigenvalue weighted by molar-refractivity contribution is 0.656. The van der Waals surface area contributed by atoms with Crippen molar-refractivity contribution in [3.63, 3.8) is 0 Å². The molecule has 0 aromatic heterocycles. The molecule has 0 N–H and O–H groups in total. The normalized spacial score (nSPS) is 27.6. The van der Waals surface area contributed by atoms with Crippen LogP contribution in [0.1, 0.15) is 6.42 Å². The van der Waals surface area contributed by atoms with Crippen LogP contribution in [-0.2, 0) is 0 Å². The summed E-state index contributed by atoms with van der Waals surface area (Å²) in [5.41, 5.74) is 7.74. The summed E-state index contributed by atoms with van der Waals surface area (Å²) in [6.07, 6.45) is 9.95. The van der Waals surface area contributed by atoms with Crippen molar-refractivity contribution >= 4 is 0 Å². The zero-order valence-corrected chi connectivity index (χ0v) is 6.14. The van der Waals surface area contributed by atoms with E-state index in [-0.39, 0.29) is 0 Å². The Hall–Kier alpha value is -1.47. The number of hydrogen-bond acceptors (Lipinski definition) is 1. The fourth-order valence-corrected chi connectivity index (χ4v) is 0.975. The topological polar surface area (TPSA) is 48.8 Å². The van der Waals surface area contributed by atoms with E-state index < -0.39 is 5.54 Å². The minimum absolute atomic E-state index is 0.524. The third kappa shape index (κ3) is 1.51. The maximum absolute atomic E-state index is 8.27. The van der Waals surface area contributed by atoms with Crippen molar-refractivity contribution < 1.29 is 0 Å². The summed E-state index contributed by atoms with van der Waals surface area (Å²) >= 11 is 0. The van der Waals surface area contributed by atoms with E-state index in [1.165, 1.54) is 0 Å². The Labute approximate surface area is 65.4 Å². The zero-order chi connectivity index (χ0) is 8.16. The van der Waals surface area contributed by atoms with E-state index >= 15 is 0 Å². The first-order valence-electron chi connectivity index (χ1n) is 3.37. The van der Waals surface area contributed by atoms with Crippen LogP contribution in [0.25, 0.3) is 10.4 Å². The molecule has 0 saturated carbocycles. The number of allylic oxidation sites excluding steroid dienone is 2. The second-order valence-corrected chi connectivity index (χ2v) is 2.38. The van der Waals surface area contributed by atoms with E-state index in [0.717, 1.165) is 0 Å². The van der Waals surface area contributed by atoms with Gasteiger partial charge in [-0.1, -0.05) is 35.5 Å². The Kier molecular flexibility index (Phi) is 2.14. The van der Waals surface area contributed by atoms with Crippen LogP contribution in [0.4, 0.5) is 0 Å². The quantitative estimate of drug-likeness (QED) is 0.249. The van der Waals surface area contributed by atoms with Crippen molar-refractivity contribution in [3.8, 4) is 0 Å². The lowest BCUT2D eigenvalue weighted by Gasteiger charge is -2.20. The van der Waals surface area contributed by atoms with E-state index in [0.29, 0.717) is 6.42 Å². The third-order valence-electron chi connectivity index (χ3n) is 1.66. The van der Waals surface area contributed by atoms with Gasteiger partial charge in [0.15, 0.2) is 0 Å². The minimum Gasteiger partial charge on any atom is -0.102 e. The summed E-state index contributed by atoms with van der Waals surface area (Å²) in [5, 5.41) is 3.66. The maximum atomic E-state index is 8.27. The van der Waals surface area contributed by atoms with E-state index in [2.05, 4.69) is 16.6 Å². The van der Waals surface area contributed by atoms with Gasteiger partial charge in [0.1, 0.15) is 0 Å². The summed E-state index contributed by atoms with van der Waals surface area (Å²) in [4.78, 5) is 2.77. The Morgan fingerprint density at radius 2 is 2.45 bits per heavy atom. The van der Waals surface area contributed by atoms with E-state index in [9.17, 15) is 0 Å². The first-order chi connectivity index (χ1) is 5.33. The summed E-state index contributed by atoms with van der Waals surface area (Å²) in [7, 11) is 0. The lowest BCUT2D eigenvalue weighted by atomic mass is 9.93. The first kappa shape index (κ1) is 7.63. The molecule has 1 unspecified atom stereocenters. The maximum Gasteiger partial charge on any atom is 0.0883 e. The van der Waals surface area contributed by atoms with Crippen molar-refractivity contribution in [2.45, 2.75) is 12.0 Å². The molecule has 0 spiro atoms. The highest BCUT2D eigenvalue weighted by Gasteiger charge is 2.20. The molecule has 0 aromatic rings. The summed E-state index contributed by atoms with van der Waals surface area (Å²) < 4.78 is 0. The fraction of sp³-hybridized carbons (Fsp3) is 0.250. The average molecular weight is 147 g/mol. The smallest absolute Gasteiger partial charge is 0.0883 e. The van der Waals surface area contributed by atoms with Crippen LogP contribution >= 0.6 is 0 Å². The molecule has 0 radical (unpaired) electrons. The molecule has 1 aliphatic carbocycles. The minimum atomic E-state index is -0.524. The molecule has 0 amide bonds. The molecule has 1 rings (SSSR count). The molecule has 0 fully saturated rings. The molecule has 56 valence electrons. The van der Waals surface area contributed by atoms with Gasteiger partial charge in [0.25, 0.3) is 0 Å². The predicted molar refractivity (Wildman–Crippen MR) is 45.0 cm³/mol. The van der Waals surface area contributed by atoms with Gasteiger partial charge < -0.3 is 0 Å². The Morgan fingerprint density at radius 3 is 2.91 bits per heavy atom. The van der Waals surface area contributed by atoms with Gasteiger partial charge in [-0.25, -0.2) is 0 Å². The van der Waals surface area contributed by atoms with Crippen molar-refractivity contribution in [1.82, 2.24) is 0 Å². The van der Waals surface area contributed by atoms with Gasteiger partial charge in [0.05, 0.1) is 5.54 Å². The van der Waals surface area contributed by atoms with Crippen molar-refractivity contribution in [2.75, 3.05) is 0 Å². The van der Waals surface area contributed by atoms with Gasteiger partial charge >= 0.3 is 0 Å². The SMILES string of the molecule is C=CC1(N=[N+]=[N-])C=CC=CC1. The highest BCUT2D eigenvalue weighted by molar-refractivity contribution is 5.27. The molecule has 0 saturated heterocycles. The monoisotopic (exact) mass is 147 g/mol. The van der Waals surface area contributed by atoms with Gasteiger partial charge in [0, 0.05) is 4.91 Å². The molecular formula is C8H9N3. The first-order valence-corrected chi connectivity index (χ1v) is 3.37. The van der Waals surface area contributed by atoms with E-state index in [1.54, 1.807) is 6.08 Å². The van der Waals surface area contributed by atoms with Crippen LogP contribution in [0, 0.1) is 0 Å². The Balaban J connectivity index is 2.93. The zero-order valence-electron chi connectivity index (χ0n) is 6.14. The highest BCUT2D eigenvalue weighted by atomic mass is 15.2. The van der Waals surface area contributed by atoms with Crippen molar-refractivity contribution in [3.05, 3.63) is 47.4 Å². The molecule has 11 heavy (non-hydrogen) atoms. The largest absolute Gasteiger partial charge is 0.102 e. The molecule has 0 aliphatic heterocycles. The standard InChI is InChI=1S/C8H9N3/c1-2-8(10-11-9)6-4-3-5-7-8/h2-6H,1,7H2. The lowest BCUT2D eigenvalue weighted by Crippen LogP contribution is -2.19. The second kappa shape index (κ2) is 3.08. The Bertz CT molecular complexity index is 259. The fourth-order valence-electron chi connectivity index (χ4n) is 0.975. The molecule has 3 nitrogen and oxygen atoms in total. The van der Waals surface area contributed by atoms with Gasteiger partial charge in [-0.05, 0) is 12.0 Å². The van der Waals surface area contributed by atoms with Crippen LogP contribution in [0.3, 0.4) is 0 Å². The molecule has 0 aromatic carbocycles. The Morgan fingerprint density at radius 1 is 1.64 bits per heavy atom. The summed E-state index contributed by atoms with van der Waals surface area (Å²) in [6, 6.07) is 0. The molecule has 1 atom stereocenters. The third-order valence-corrected chi connectivity index (χ3v) is 1.66. The number of azide groups is 1. The average Bonchev–Trinajstić information content (AvgIpc) is 2.07. The van der Waals surface area contributed by atoms with Gasteiger partial charge in [-0.2, -0.15) is 0 Å². The van der Waals surface area contributed by atoms with Gasteiger partial charge in [-0.15, -0.1) is 6.58 Å². The van der Waals surface area contributed by atoms with E-state index in [4.69, 9.17) is 5.53 Å². The van der Waals surface area contributed by atoms with Crippen LogP contribution in [0.5, 0.6) is 0 Å². The number of rotatable bonds is 2. The number of nitrogens with zero attached hydrogens (tertiary/aromatic N) is 3. The molecule has 0 bridgehead atoms. The van der Waals surface area contributed by atoms with Crippen molar-refractivity contribution in [2.24, 2.45) is 5.11 Å². The van der Waals surface area contributed by atoms with Crippen LogP contribution < -0.4 is 0 Å². The predicted octanol–water partition coefficient (Wildman–Crippen LogP) is 2.74. The van der Waals surface area contributed by atoms with Crippen molar-refractivity contribution in [1.29, 1.82) is 0 Å². The molecular weight excluding hydrogens is 138 g/mol. The highest BCUT2D eigenvalue weighted by Crippen LogP contribution is 2.23. The number of hydrogen-bond donors (Lipinski definition) is 0. The molecule has 1 aliphatic rings.